The van der Waals surface area contributed by atoms with E-state index in [9.17, 15) is 18.0 Å². The SMILES string of the molecule is COc1ccc2c(Nc3cccc(C(=O)O)c3)nc(C(F)(F)F)nc2c1. The third-order valence-electron chi connectivity index (χ3n) is 3.53. The fourth-order valence-electron chi connectivity index (χ4n) is 2.33. The molecule has 3 aromatic rings. The summed E-state index contributed by atoms with van der Waals surface area (Å²) >= 11 is 0. The maximum absolute atomic E-state index is 13.1. The first-order chi connectivity index (χ1) is 12.3. The number of carboxylic acids is 1. The van der Waals surface area contributed by atoms with Gasteiger partial charge in [0.2, 0.25) is 5.82 Å². The molecular weight excluding hydrogens is 351 g/mol. The van der Waals surface area contributed by atoms with Crippen LogP contribution in [0, 0.1) is 0 Å². The van der Waals surface area contributed by atoms with E-state index in [0.29, 0.717) is 11.1 Å². The highest BCUT2D eigenvalue weighted by Gasteiger charge is 2.35. The average molecular weight is 363 g/mol. The van der Waals surface area contributed by atoms with Crippen molar-refractivity contribution in [2.24, 2.45) is 0 Å². The predicted octanol–water partition coefficient (Wildman–Crippen LogP) is 4.10. The van der Waals surface area contributed by atoms with Crippen molar-refractivity contribution in [2.75, 3.05) is 12.4 Å². The standard InChI is InChI=1S/C17H12F3N3O3/c1-26-11-5-6-12-13(8-11)22-16(17(18,19)20)23-14(12)21-10-4-2-3-9(7-10)15(24)25/h2-8H,1H3,(H,24,25)(H,21,22,23). The number of carboxylic acid groups (broad SMARTS) is 1. The van der Waals surface area contributed by atoms with Gasteiger partial charge in [0.25, 0.3) is 0 Å². The summed E-state index contributed by atoms with van der Waals surface area (Å²) in [5.74, 6) is -2.20. The Morgan fingerprint density at radius 1 is 1.15 bits per heavy atom. The van der Waals surface area contributed by atoms with E-state index in [1.54, 1.807) is 6.07 Å². The number of nitrogens with zero attached hydrogens (tertiary/aromatic N) is 2. The first kappa shape index (κ1) is 17.5. The van der Waals surface area contributed by atoms with Crippen LogP contribution in [-0.4, -0.2) is 28.2 Å². The van der Waals surface area contributed by atoms with Crippen molar-refractivity contribution in [1.82, 2.24) is 9.97 Å². The molecular formula is C17H12F3N3O3. The normalized spacial score (nSPS) is 11.4. The number of halogens is 3. The van der Waals surface area contributed by atoms with E-state index in [1.165, 1.54) is 43.5 Å². The highest BCUT2D eigenvalue weighted by Crippen LogP contribution is 2.32. The van der Waals surface area contributed by atoms with Crippen molar-refractivity contribution in [2.45, 2.75) is 6.18 Å². The zero-order chi connectivity index (χ0) is 18.9. The number of alkyl halides is 3. The van der Waals surface area contributed by atoms with Crippen LogP contribution in [0.15, 0.2) is 42.5 Å². The molecule has 9 heteroatoms. The molecule has 0 atom stereocenters. The molecule has 1 aromatic heterocycles. The third-order valence-corrected chi connectivity index (χ3v) is 3.53. The lowest BCUT2D eigenvalue weighted by atomic mass is 10.2. The second-order valence-electron chi connectivity index (χ2n) is 5.29. The molecule has 26 heavy (non-hydrogen) atoms. The van der Waals surface area contributed by atoms with E-state index in [2.05, 4.69) is 15.3 Å². The van der Waals surface area contributed by atoms with Gasteiger partial charge in [0.1, 0.15) is 11.6 Å². The van der Waals surface area contributed by atoms with E-state index < -0.39 is 18.0 Å². The number of methoxy groups -OCH3 is 1. The minimum atomic E-state index is -4.74. The van der Waals surface area contributed by atoms with Gasteiger partial charge in [-0.3, -0.25) is 0 Å². The molecule has 1 heterocycles. The number of anilines is 2. The number of nitrogens with one attached hydrogen (secondary N) is 1. The second kappa shape index (κ2) is 6.51. The largest absolute Gasteiger partial charge is 0.497 e. The topological polar surface area (TPSA) is 84.3 Å². The van der Waals surface area contributed by atoms with Crippen molar-refractivity contribution in [3.63, 3.8) is 0 Å². The molecule has 0 unspecified atom stereocenters. The summed E-state index contributed by atoms with van der Waals surface area (Å²) in [6.07, 6.45) is -4.74. The summed E-state index contributed by atoms with van der Waals surface area (Å²) in [6.45, 7) is 0. The molecule has 0 radical (unpaired) electrons. The fraction of sp³-hybridized carbons (Fsp3) is 0.118. The van der Waals surface area contributed by atoms with Crippen LogP contribution in [0.25, 0.3) is 10.9 Å². The van der Waals surface area contributed by atoms with Crippen LogP contribution in [-0.2, 0) is 6.18 Å². The Hall–Kier alpha value is -3.36. The minimum absolute atomic E-state index is 0.00826. The van der Waals surface area contributed by atoms with E-state index in [-0.39, 0.29) is 22.6 Å². The van der Waals surface area contributed by atoms with Gasteiger partial charge in [-0.15, -0.1) is 0 Å². The van der Waals surface area contributed by atoms with Crippen molar-refractivity contribution in [3.8, 4) is 5.75 Å². The molecule has 134 valence electrons. The summed E-state index contributed by atoms with van der Waals surface area (Å²) in [5.41, 5.74) is 0.323. The number of aromatic nitrogens is 2. The van der Waals surface area contributed by atoms with Crippen molar-refractivity contribution in [1.29, 1.82) is 0 Å². The van der Waals surface area contributed by atoms with Crippen molar-refractivity contribution in [3.05, 3.63) is 53.9 Å². The van der Waals surface area contributed by atoms with Gasteiger partial charge in [0.15, 0.2) is 0 Å². The minimum Gasteiger partial charge on any atom is -0.497 e. The molecule has 0 spiro atoms. The molecule has 0 fully saturated rings. The van der Waals surface area contributed by atoms with Crippen LogP contribution in [0.3, 0.4) is 0 Å². The number of ether oxygens (including phenoxy) is 1. The smallest absolute Gasteiger partial charge is 0.451 e. The van der Waals surface area contributed by atoms with Gasteiger partial charge in [0, 0.05) is 17.1 Å². The number of hydrogen-bond donors (Lipinski definition) is 2. The number of fused-ring (bicyclic) bond motifs is 1. The molecule has 0 saturated carbocycles. The fourth-order valence-corrected chi connectivity index (χ4v) is 2.33. The lowest BCUT2D eigenvalue weighted by molar-refractivity contribution is -0.144. The summed E-state index contributed by atoms with van der Waals surface area (Å²) in [6, 6.07) is 10.1. The van der Waals surface area contributed by atoms with Gasteiger partial charge >= 0.3 is 12.1 Å². The Labute approximate surface area is 145 Å². The van der Waals surface area contributed by atoms with Crippen LogP contribution < -0.4 is 10.1 Å². The average Bonchev–Trinajstić information content (AvgIpc) is 2.60. The zero-order valence-corrected chi connectivity index (χ0v) is 13.3. The van der Waals surface area contributed by atoms with Crippen LogP contribution in [0.1, 0.15) is 16.2 Å². The van der Waals surface area contributed by atoms with Crippen LogP contribution in [0.4, 0.5) is 24.7 Å². The Kier molecular flexibility index (Phi) is 4.37. The molecule has 0 aliphatic carbocycles. The van der Waals surface area contributed by atoms with Gasteiger partial charge in [-0.05, 0) is 30.3 Å². The van der Waals surface area contributed by atoms with Crippen molar-refractivity contribution < 1.29 is 27.8 Å². The van der Waals surface area contributed by atoms with E-state index in [0.717, 1.165) is 0 Å². The predicted molar refractivity (Wildman–Crippen MR) is 87.8 cm³/mol. The van der Waals surface area contributed by atoms with Crippen LogP contribution >= 0.6 is 0 Å². The van der Waals surface area contributed by atoms with Gasteiger partial charge < -0.3 is 15.2 Å². The summed E-state index contributed by atoms with van der Waals surface area (Å²) < 4.78 is 44.4. The number of benzene rings is 2. The van der Waals surface area contributed by atoms with E-state index >= 15 is 0 Å². The summed E-state index contributed by atoms with van der Waals surface area (Å²) in [4.78, 5) is 18.2. The monoisotopic (exact) mass is 363 g/mol. The molecule has 0 saturated heterocycles. The molecule has 2 N–H and O–H groups in total. The summed E-state index contributed by atoms with van der Waals surface area (Å²) in [5, 5.41) is 12.1. The Balaban J connectivity index is 2.14. The maximum atomic E-state index is 13.1. The van der Waals surface area contributed by atoms with Crippen LogP contribution in [0.5, 0.6) is 5.75 Å². The third kappa shape index (κ3) is 3.51. The van der Waals surface area contributed by atoms with E-state index in [4.69, 9.17) is 9.84 Å². The second-order valence-corrected chi connectivity index (χ2v) is 5.29. The molecule has 2 aromatic carbocycles. The number of aromatic carboxylic acids is 1. The van der Waals surface area contributed by atoms with Crippen molar-refractivity contribution >= 4 is 28.4 Å². The molecule has 0 aliphatic rings. The molecule has 0 bridgehead atoms. The van der Waals surface area contributed by atoms with Crippen LogP contribution in [0.2, 0.25) is 0 Å². The lowest BCUT2D eigenvalue weighted by Gasteiger charge is -2.13. The zero-order valence-electron chi connectivity index (χ0n) is 13.3. The van der Waals surface area contributed by atoms with Gasteiger partial charge in [-0.2, -0.15) is 13.2 Å². The number of carbonyl (C=O) groups is 1. The molecule has 0 aliphatic heterocycles. The maximum Gasteiger partial charge on any atom is 0.451 e. The highest BCUT2D eigenvalue weighted by atomic mass is 19.4. The van der Waals surface area contributed by atoms with E-state index in [1.807, 2.05) is 0 Å². The first-order valence-electron chi connectivity index (χ1n) is 7.31. The highest BCUT2D eigenvalue weighted by molar-refractivity contribution is 5.93. The molecule has 6 nitrogen and oxygen atoms in total. The van der Waals surface area contributed by atoms with Gasteiger partial charge in [0.05, 0.1) is 18.2 Å². The van der Waals surface area contributed by atoms with Gasteiger partial charge in [-0.25, -0.2) is 14.8 Å². The first-order valence-corrected chi connectivity index (χ1v) is 7.31. The Bertz CT molecular complexity index is 990. The Morgan fingerprint density at radius 2 is 1.92 bits per heavy atom. The lowest BCUT2D eigenvalue weighted by Crippen LogP contribution is -2.13. The molecule has 3 rings (SSSR count). The number of hydrogen-bond acceptors (Lipinski definition) is 5. The van der Waals surface area contributed by atoms with Gasteiger partial charge in [-0.1, -0.05) is 6.07 Å². The number of rotatable bonds is 4. The molecule has 0 amide bonds. The Morgan fingerprint density at radius 3 is 2.58 bits per heavy atom. The quantitative estimate of drug-likeness (QED) is 0.726. The summed E-state index contributed by atoms with van der Waals surface area (Å²) in [7, 11) is 1.39.